The third kappa shape index (κ3) is 4.29. The van der Waals surface area contributed by atoms with Crippen LogP contribution in [0, 0.1) is 5.92 Å². The van der Waals surface area contributed by atoms with Crippen LogP contribution in [0.15, 0.2) is 0 Å². The van der Waals surface area contributed by atoms with Crippen molar-refractivity contribution in [3.63, 3.8) is 0 Å². The summed E-state index contributed by atoms with van der Waals surface area (Å²) < 4.78 is 5.48. The van der Waals surface area contributed by atoms with Crippen LogP contribution in [0.2, 0.25) is 0 Å². The maximum Gasteiger partial charge on any atom is 0.222 e. The standard InChI is InChI=1S/C19H32N2O3/c1-24-17-6-4-5-15(13-17)14-19(23)20-11-8-16(9-12-20)21-10-3-2-7-18(21)22/h15-17H,2-14H2,1H3/t15-,17+/m1/s1. The summed E-state index contributed by atoms with van der Waals surface area (Å²) in [5.74, 6) is 1.11. The molecule has 0 aromatic rings. The third-order valence-corrected chi connectivity index (χ3v) is 6.15. The highest BCUT2D eigenvalue weighted by Crippen LogP contribution is 2.29. The minimum atomic E-state index is 0.306. The molecule has 136 valence electrons. The Morgan fingerprint density at radius 1 is 1.08 bits per heavy atom. The van der Waals surface area contributed by atoms with Crippen LogP contribution in [0.5, 0.6) is 0 Å². The van der Waals surface area contributed by atoms with Crippen LogP contribution >= 0.6 is 0 Å². The van der Waals surface area contributed by atoms with Gasteiger partial charge in [0, 0.05) is 45.6 Å². The average Bonchev–Trinajstić information content (AvgIpc) is 2.62. The summed E-state index contributed by atoms with van der Waals surface area (Å²) in [5.41, 5.74) is 0. The number of rotatable bonds is 4. The van der Waals surface area contributed by atoms with Crippen molar-refractivity contribution >= 4 is 11.8 Å². The van der Waals surface area contributed by atoms with E-state index in [1.165, 1.54) is 6.42 Å². The highest BCUT2D eigenvalue weighted by Gasteiger charge is 2.32. The summed E-state index contributed by atoms with van der Waals surface area (Å²) in [6.45, 7) is 2.54. The molecule has 2 atom stereocenters. The van der Waals surface area contributed by atoms with Gasteiger partial charge in [-0.1, -0.05) is 6.42 Å². The van der Waals surface area contributed by atoms with Gasteiger partial charge < -0.3 is 14.5 Å². The summed E-state index contributed by atoms with van der Waals surface area (Å²) in [6.07, 6.45) is 10.3. The zero-order valence-electron chi connectivity index (χ0n) is 15.0. The van der Waals surface area contributed by atoms with Crippen LogP contribution in [0.4, 0.5) is 0 Å². The molecule has 0 spiro atoms. The summed E-state index contributed by atoms with van der Waals surface area (Å²) in [7, 11) is 1.78. The van der Waals surface area contributed by atoms with Gasteiger partial charge in [0.15, 0.2) is 0 Å². The molecule has 24 heavy (non-hydrogen) atoms. The molecule has 0 radical (unpaired) electrons. The molecule has 3 aliphatic rings. The van der Waals surface area contributed by atoms with Crippen molar-refractivity contribution in [2.45, 2.75) is 76.4 Å². The number of hydrogen-bond donors (Lipinski definition) is 0. The van der Waals surface area contributed by atoms with Gasteiger partial charge >= 0.3 is 0 Å². The summed E-state index contributed by atoms with van der Waals surface area (Å²) in [4.78, 5) is 28.8. The van der Waals surface area contributed by atoms with E-state index >= 15 is 0 Å². The highest BCUT2D eigenvalue weighted by atomic mass is 16.5. The fourth-order valence-electron chi connectivity index (χ4n) is 4.66. The fraction of sp³-hybridized carbons (Fsp3) is 0.895. The minimum absolute atomic E-state index is 0.306. The van der Waals surface area contributed by atoms with E-state index in [0.717, 1.165) is 64.6 Å². The molecule has 2 aliphatic heterocycles. The first-order chi connectivity index (χ1) is 11.7. The van der Waals surface area contributed by atoms with Crippen LogP contribution in [0.1, 0.15) is 64.2 Å². The predicted octanol–water partition coefficient (Wildman–Crippen LogP) is 2.59. The van der Waals surface area contributed by atoms with Crippen molar-refractivity contribution in [3.8, 4) is 0 Å². The van der Waals surface area contributed by atoms with Gasteiger partial charge in [-0.15, -0.1) is 0 Å². The first kappa shape index (κ1) is 17.7. The lowest BCUT2D eigenvalue weighted by molar-refractivity contribution is -0.139. The smallest absolute Gasteiger partial charge is 0.222 e. The fourth-order valence-corrected chi connectivity index (χ4v) is 4.66. The second kappa shape index (κ2) is 8.32. The molecule has 3 fully saturated rings. The van der Waals surface area contributed by atoms with Gasteiger partial charge in [0.05, 0.1) is 6.10 Å². The maximum atomic E-state index is 12.6. The first-order valence-corrected chi connectivity index (χ1v) is 9.77. The van der Waals surface area contributed by atoms with Crippen molar-refractivity contribution in [3.05, 3.63) is 0 Å². The lowest BCUT2D eigenvalue weighted by atomic mass is 9.84. The van der Waals surface area contributed by atoms with E-state index in [-0.39, 0.29) is 0 Å². The van der Waals surface area contributed by atoms with Crippen molar-refractivity contribution in [2.24, 2.45) is 5.92 Å². The molecule has 1 saturated carbocycles. The zero-order chi connectivity index (χ0) is 16.9. The molecule has 2 saturated heterocycles. The van der Waals surface area contributed by atoms with E-state index < -0.39 is 0 Å². The van der Waals surface area contributed by atoms with Gasteiger partial charge in [-0.25, -0.2) is 0 Å². The lowest BCUT2D eigenvalue weighted by Crippen LogP contribution is -2.50. The van der Waals surface area contributed by atoms with Crippen molar-refractivity contribution in [2.75, 3.05) is 26.7 Å². The largest absolute Gasteiger partial charge is 0.381 e. The molecule has 0 aromatic carbocycles. The number of methoxy groups -OCH3 is 1. The Kier molecular flexibility index (Phi) is 6.14. The zero-order valence-corrected chi connectivity index (χ0v) is 15.0. The third-order valence-electron chi connectivity index (χ3n) is 6.15. The number of carbonyl (C=O) groups excluding carboxylic acids is 2. The van der Waals surface area contributed by atoms with Gasteiger partial charge in [-0.3, -0.25) is 9.59 Å². The minimum Gasteiger partial charge on any atom is -0.381 e. The number of amides is 2. The van der Waals surface area contributed by atoms with Crippen molar-refractivity contribution in [1.29, 1.82) is 0 Å². The Bertz CT molecular complexity index is 446. The van der Waals surface area contributed by atoms with E-state index in [1.54, 1.807) is 7.11 Å². The van der Waals surface area contributed by atoms with Gasteiger partial charge in [-0.2, -0.15) is 0 Å². The number of nitrogens with zero attached hydrogens (tertiary/aromatic N) is 2. The normalized spacial score (nSPS) is 29.8. The summed E-state index contributed by atoms with van der Waals surface area (Å²) in [6, 6.07) is 0.356. The molecule has 2 amide bonds. The monoisotopic (exact) mass is 336 g/mol. The Hall–Kier alpha value is -1.10. The number of likely N-dealkylation sites (tertiary alicyclic amines) is 2. The molecule has 0 unspecified atom stereocenters. The first-order valence-electron chi connectivity index (χ1n) is 9.77. The SMILES string of the molecule is CO[C@H]1CCC[C@@H](CC(=O)N2CCC(N3CCCCC3=O)CC2)C1. The van der Waals surface area contributed by atoms with E-state index in [9.17, 15) is 9.59 Å². The van der Waals surface area contributed by atoms with Crippen LogP contribution < -0.4 is 0 Å². The number of piperidine rings is 2. The Balaban J connectivity index is 1.44. The summed E-state index contributed by atoms with van der Waals surface area (Å²) in [5, 5.41) is 0. The molecule has 0 aromatic heterocycles. The maximum absolute atomic E-state index is 12.6. The van der Waals surface area contributed by atoms with E-state index in [2.05, 4.69) is 4.90 Å². The molecular formula is C19H32N2O3. The van der Waals surface area contributed by atoms with Crippen molar-refractivity contribution in [1.82, 2.24) is 9.80 Å². The topological polar surface area (TPSA) is 49.9 Å². The van der Waals surface area contributed by atoms with Gasteiger partial charge in [0.25, 0.3) is 0 Å². The van der Waals surface area contributed by atoms with Gasteiger partial charge in [0.2, 0.25) is 11.8 Å². The van der Waals surface area contributed by atoms with Crippen LogP contribution in [0.3, 0.4) is 0 Å². The second-order valence-electron chi connectivity index (χ2n) is 7.75. The number of carbonyl (C=O) groups is 2. The highest BCUT2D eigenvalue weighted by molar-refractivity contribution is 5.78. The van der Waals surface area contributed by atoms with Crippen LogP contribution in [-0.2, 0) is 14.3 Å². The molecule has 0 N–H and O–H groups in total. The summed E-state index contributed by atoms with van der Waals surface area (Å²) >= 11 is 0. The Morgan fingerprint density at radius 3 is 2.58 bits per heavy atom. The van der Waals surface area contributed by atoms with Crippen molar-refractivity contribution < 1.29 is 14.3 Å². The molecule has 0 bridgehead atoms. The molecule has 1 aliphatic carbocycles. The molecule has 5 heteroatoms. The lowest BCUT2D eigenvalue weighted by Gasteiger charge is -2.40. The van der Waals surface area contributed by atoms with Crippen LogP contribution in [-0.4, -0.2) is 60.5 Å². The number of hydrogen-bond acceptors (Lipinski definition) is 3. The molecule has 2 heterocycles. The van der Waals surface area contributed by atoms with Gasteiger partial charge in [0.1, 0.15) is 0 Å². The molecule has 3 rings (SSSR count). The van der Waals surface area contributed by atoms with Gasteiger partial charge in [-0.05, 0) is 50.9 Å². The quantitative estimate of drug-likeness (QED) is 0.793. The van der Waals surface area contributed by atoms with Crippen LogP contribution in [0.25, 0.3) is 0 Å². The van der Waals surface area contributed by atoms with E-state index in [1.807, 2.05) is 4.90 Å². The predicted molar refractivity (Wildman–Crippen MR) is 92.5 cm³/mol. The molecular weight excluding hydrogens is 304 g/mol. The average molecular weight is 336 g/mol. The van der Waals surface area contributed by atoms with E-state index in [4.69, 9.17) is 4.74 Å². The number of ether oxygens (including phenoxy) is 1. The van der Waals surface area contributed by atoms with E-state index in [0.29, 0.717) is 42.7 Å². The molecule has 5 nitrogen and oxygen atoms in total. The Labute approximate surface area is 145 Å². The Morgan fingerprint density at radius 2 is 1.88 bits per heavy atom. The second-order valence-corrected chi connectivity index (χ2v) is 7.75.